The van der Waals surface area contributed by atoms with Crippen LogP contribution in [0.3, 0.4) is 0 Å². The number of halogens is 2. The summed E-state index contributed by atoms with van der Waals surface area (Å²) in [6, 6.07) is 16.5. The minimum Gasteiger partial charge on any atom is -0.493 e. The van der Waals surface area contributed by atoms with Gasteiger partial charge in [0.15, 0.2) is 0 Å². The van der Waals surface area contributed by atoms with Gasteiger partial charge in [0.05, 0.1) is 16.5 Å². The van der Waals surface area contributed by atoms with E-state index in [1.54, 1.807) is 24.3 Å². The van der Waals surface area contributed by atoms with E-state index in [1.165, 1.54) is 0 Å². The molecule has 33 heavy (non-hydrogen) atoms. The lowest BCUT2D eigenvalue weighted by Gasteiger charge is -2.13. The predicted octanol–water partition coefficient (Wildman–Crippen LogP) is 6.33. The van der Waals surface area contributed by atoms with E-state index >= 15 is 0 Å². The van der Waals surface area contributed by atoms with Crippen LogP contribution in [-0.4, -0.2) is 35.1 Å². The van der Waals surface area contributed by atoms with Crippen LogP contribution >= 0.6 is 39.3 Å². The maximum atomic E-state index is 13.0. The summed E-state index contributed by atoms with van der Waals surface area (Å²) in [5, 5.41) is 4.47. The number of carbonyl (C=O) groups excluding carboxylic acids is 3. The molecule has 3 aromatic carbocycles. The Morgan fingerprint density at radius 2 is 1.97 bits per heavy atom. The number of hydrogen-bond donors (Lipinski definition) is 1. The van der Waals surface area contributed by atoms with Crippen molar-refractivity contribution in [2.45, 2.75) is 6.92 Å². The molecule has 0 aromatic heterocycles. The van der Waals surface area contributed by atoms with Gasteiger partial charge in [-0.2, -0.15) is 0 Å². The summed E-state index contributed by atoms with van der Waals surface area (Å²) in [7, 11) is 0. The van der Waals surface area contributed by atoms with E-state index in [2.05, 4.69) is 21.2 Å². The highest BCUT2D eigenvalue weighted by Crippen LogP contribution is 2.37. The molecule has 1 fully saturated rings. The molecule has 0 saturated carbocycles. The normalized spacial score (nSPS) is 14.9. The molecule has 0 bridgehead atoms. The van der Waals surface area contributed by atoms with E-state index < -0.39 is 23.6 Å². The van der Waals surface area contributed by atoms with Gasteiger partial charge in [0.25, 0.3) is 11.1 Å². The third-order valence-corrected chi connectivity index (χ3v) is 7.02. The van der Waals surface area contributed by atoms with Crippen molar-refractivity contribution < 1.29 is 19.1 Å². The van der Waals surface area contributed by atoms with E-state index in [-0.39, 0.29) is 4.91 Å². The molecule has 1 heterocycles. The summed E-state index contributed by atoms with van der Waals surface area (Å²) >= 11 is 10.1. The van der Waals surface area contributed by atoms with Gasteiger partial charge < -0.3 is 10.1 Å². The van der Waals surface area contributed by atoms with E-state index in [9.17, 15) is 14.4 Å². The molecule has 1 saturated heterocycles. The average Bonchev–Trinajstić information content (AvgIpc) is 3.05. The third kappa shape index (κ3) is 5.08. The molecule has 9 heteroatoms. The number of thioether (sulfide) groups is 1. The summed E-state index contributed by atoms with van der Waals surface area (Å²) in [5.74, 6) is -0.408. The summed E-state index contributed by atoms with van der Waals surface area (Å²) < 4.78 is 6.44. The highest BCUT2D eigenvalue weighted by atomic mass is 79.9. The van der Waals surface area contributed by atoms with Crippen LogP contribution in [0, 0.1) is 0 Å². The number of benzene rings is 3. The van der Waals surface area contributed by atoms with Crippen LogP contribution in [-0.2, 0) is 9.59 Å². The van der Waals surface area contributed by atoms with Crippen LogP contribution in [0.5, 0.6) is 5.75 Å². The topological polar surface area (TPSA) is 75.7 Å². The second kappa shape index (κ2) is 9.99. The number of fused-ring (bicyclic) bond motifs is 1. The van der Waals surface area contributed by atoms with E-state index in [1.807, 2.05) is 43.3 Å². The lowest BCUT2D eigenvalue weighted by Crippen LogP contribution is -2.36. The number of hydrogen-bond acceptors (Lipinski definition) is 5. The Morgan fingerprint density at radius 3 is 2.73 bits per heavy atom. The van der Waals surface area contributed by atoms with Crippen molar-refractivity contribution in [1.29, 1.82) is 0 Å². The summed E-state index contributed by atoms with van der Waals surface area (Å²) in [4.78, 5) is 39.2. The van der Waals surface area contributed by atoms with Crippen LogP contribution in [0.4, 0.5) is 10.5 Å². The maximum absolute atomic E-state index is 13.0. The fraction of sp³-hybridized carbons (Fsp3) is 0.125. The molecule has 3 aromatic rings. The summed E-state index contributed by atoms with van der Waals surface area (Å²) in [5.41, 5.74) is 1.18. The fourth-order valence-electron chi connectivity index (χ4n) is 3.39. The minimum absolute atomic E-state index is 0.233. The minimum atomic E-state index is -0.524. The number of ether oxygens (including phenoxy) is 1. The maximum Gasteiger partial charge on any atom is 0.294 e. The van der Waals surface area contributed by atoms with Crippen LogP contribution in [0.2, 0.25) is 5.02 Å². The van der Waals surface area contributed by atoms with Crippen LogP contribution in [0.15, 0.2) is 64.0 Å². The van der Waals surface area contributed by atoms with Crippen molar-refractivity contribution >= 4 is 78.9 Å². The molecule has 168 valence electrons. The number of rotatable bonds is 6. The highest BCUT2D eigenvalue weighted by Gasteiger charge is 2.36. The molecule has 1 aliphatic heterocycles. The monoisotopic (exact) mass is 544 g/mol. The Morgan fingerprint density at radius 1 is 1.18 bits per heavy atom. The number of imide groups is 1. The Balaban J connectivity index is 1.58. The van der Waals surface area contributed by atoms with Gasteiger partial charge in [-0.3, -0.25) is 19.3 Å². The second-order valence-corrected chi connectivity index (χ2v) is 9.33. The molecule has 0 spiro atoms. The van der Waals surface area contributed by atoms with Gasteiger partial charge in [0.2, 0.25) is 5.91 Å². The molecule has 4 rings (SSSR count). The van der Waals surface area contributed by atoms with E-state index in [0.717, 1.165) is 33.0 Å². The first kappa shape index (κ1) is 23.4. The van der Waals surface area contributed by atoms with Crippen molar-refractivity contribution in [3.8, 4) is 5.75 Å². The molecule has 1 aliphatic rings. The van der Waals surface area contributed by atoms with Crippen molar-refractivity contribution in [1.82, 2.24) is 4.90 Å². The standard InChI is InChI=1S/C24H18BrClN2O4S/c1-2-32-20-10-7-14-5-3-4-6-16(14)17(20)12-21-23(30)28(24(31)33-21)13-22(29)27-15-8-9-18(25)19(26)11-15/h3-12H,2,13H2,1H3,(H,27,29)/b21-12+. The number of anilines is 1. The molecule has 0 unspecified atom stereocenters. The third-order valence-electron chi connectivity index (χ3n) is 4.88. The molecule has 0 atom stereocenters. The molecule has 3 amide bonds. The van der Waals surface area contributed by atoms with E-state index in [0.29, 0.717) is 27.5 Å². The second-order valence-electron chi connectivity index (χ2n) is 7.08. The van der Waals surface area contributed by atoms with E-state index in [4.69, 9.17) is 16.3 Å². The van der Waals surface area contributed by atoms with Gasteiger partial charge in [0.1, 0.15) is 12.3 Å². The van der Waals surface area contributed by atoms with Crippen molar-refractivity contribution in [3.63, 3.8) is 0 Å². The lowest BCUT2D eigenvalue weighted by molar-refractivity contribution is -0.127. The quantitative estimate of drug-likeness (QED) is 0.366. The fourth-order valence-corrected chi connectivity index (χ4v) is 4.64. The molecule has 0 radical (unpaired) electrons. The Labute approximate surface area is 208 Å². The number of nitrogens with zero attached hydrogens (tertiary/aromatic N) is 1. The van der Waals surface area contributed by atoms with Crippen LogP contribution in [0.25, 0.3) is 16.8 Å². The first-order chi connectivity index (χ1) is 15.9. The Bertz CT molecular complexity index is 1310. The Hall–Kier alpha value is -2.81. The number of carbonyl (C=O) groups is 3. The van der Waals surface area contributed by atoms with Gasteiger partial charge >= 0.3 is 0 Å². The van der Waals surface area contributed by atoms with Crippen molar-refractivity contribution in [2.24, 2.45) is 0 Å². The zero-order chi connectivity index (χ0) is 23.5. The van der Waals surface area contributed by atoms with Crippen molar-refractivity contribution in [3.05, 3.63) is 74.6 Å². The van der Waals surface area contributed by atoms with Gasteiger partial charge in [-0.1, -0.05) is 41.9 Å². The average molecular weight is 546 g/mol. The van der Waals surface area contributed by atoms with Crippen LogP contribution in [0.1, 0.15) is 12.5 Å². The van der Waals surface area contributed by atoms with Crippen molar-refractivity contribution in [2.75, 3.05) is 18.5 Å². The first-order valence-electron chi connectivity index (χ1n) is 10.0. The largest absolute Gasteiger partial charge is 0.493 e. The zero-order valence-electron chi connectivity index (χ0n) is 17.4. The summed E-state index contributed by atoms with van der Waals surface area (Å²) in [6.45, 7) is 1.94. The predicted molar refractivity (Wildman–Crippen MR) is 136 cm³/mol. The number of nitrogens with one attached hydrogen (secondary N) is 1. The smallest absolute Gasteiger partial charge is 0.294 e. The first-order valence-corrected chi connectivity index (χ1v) is 12.0. The van der Waals surface area contributed by atoms with Gasteiger partial charge in [-0.15, -0.1) is 0 Å². The molecule has 1 N–H and O–H groups in total. The SMILES string of the molecule is CCOc1ccc2ccccc2c1/C=C1/SC(=O)N(CC(=O)Nc2ccc(Br)c(Cl)c2)C1=O. The van der Waals surface area contributed by atoms with Gasteiger partial charge in [-0.25, -0.2) is 0 Å². The highest BCUT2D eigenvalue weighted by molar-refractivity contribution is 9.10. The Kier molecular flexibility index (Phi) is 7.07. The molecule has 6 nitrogen and oxygen atoms in total. The zero-order valence-corrected chi connectivity index (χ0v) is 20.6. The summed E-state index contributed by atoms with van der Waals surface area (Å²) in [6.07, 6.45) is 1.66. The number of amides is 3. The molecule has 0 aliphatic carbocycles. The molecular formula is C24H18BrClN2O4S. The van der Waals surface area contributed by atoms with Gasteiger partial charge in [0, 0.05) is 15.7 Å². The van der Waals surface area contributed by atoms with Gasteiger partial charge in [-0.05, 0) is 75.7 Å². The molecular weight excluding hydrogens is 528 g/mol. The van der Waals surface area contributed by atoms with Crippen LogP contribution < -0.4 is 10.1 Å². The lowest BCUT2D eigenvalue weighted by atomic mass is 10.0.